The number of rotatable bonds is 6. The molecule has 1 aromatic carbocycles. The van der Waals surface area contributed by atoms with Gasteiger partial charge in [-0.3, -0.25) is 9.59 Å². The molecule has 1 aliphatic rings. The van der Waals surface area contributed by atoms with E-state index in [1.165, 1.54) is 0 Å². The van der Waals surface area contributed by atoms with Gasteiger partial charge in [-0.05, 0) is 31.9 Å². The third-order valence-electron chi connectivity index (χ3n) is 4.35. The highest BCUT2D eigenvalue weighted by molar-refractivity contribution is 5.85. The highest BCUT2D eigenvalue weighted by atomic mass is 16.2. The van der Waals surface area contributed by atoms with E-state index >= 15 is 0 Å². The molecule has 0 bridgehead atoms. The predicted octanol–water partition coefficient (Wildman–Crippen LogP) is 1.18. The van der Waals surface area contributed by atoms with Crippen LogP contribution in [0.15, 0.2) is 24.3 Å². The lowest BCUT2D eigenvalue weighted by Crippen LogP contribution is -2.40. The molecule has 3 rings (SSSR count). The summed E-state index contributed by atoms with van der Waals surface area (Å²) < 4.78 is 0. The number of nitrogens with zero attached hydrogens (tertiary/aromatic N) is 1. The van der Waals surface area contributed by atoms with E-state index in [0.29, 0.717) is 19.5 Å². The van der Waals surface area contributed by atoms with Crippen molar-refractivity contribution in [2.75, 3.05) is 13.1 Å². The largest absolute Gasteiger partial charge is 0.355 e. The lowest BCUT2D eigenvalue weighted by atomic mass is 10.0. The Morgan fingerprint density at radius 2 is 2.17 bits per heavy atom. The number of aryl methyl sites for hydroxylation is 1. The second-order valence-corrected chi connectivity index (χ2v) is 6.10. The van der Waals surface area contributed by atoms with Crippen LogP contribution in [0.5, 0.6) is 0 Å². The van der Waals surface area contributed by atoms with Crippen LogP contribution in [0.25, 0.3) is 11.0 Å². The van der Waals surface area contributed by atoms with Crippen LogP contribution in [0.4, 0.5) is 0 Å². The van der Waals surface area contributed by atoms with E-state index in [-0.39, 0.29) is 23.7 Å². The highest BCUT2D eigenvalue weighted by Gasteiger charge is 2.31. The van der Waals surface area contributed by atoms with Crippen molar-refractivity contribution in [1.82, 2.24) is 20.6 Å². The molecule has 1 aromatic heterocycles. The summed E-state index contributed by atoms with van der Waals surface area (Å²) in [5, 5.41) is 6.05. The zero-order chi connectivity index (χ0) is 16.2. The number of aromatic amines is 1. The molecule has 6 heteroatoms. The van der Waals surface area contributed by atoms with Crippen LogP contribution in [0.1, 0.15) is 25.6 Å². The van der Waals surface area contributed by atoms with Gasteiger partial charge in [0.2, 0.25) is 5.91 Å². The van der Waals surface area contributed by atoms with E-state index in [1.807, 2.05) is 24.3 Å². The number of nitrogens with one attached hydrogen (secondary N) is 3. The molecule has 2 heterocycles. The van der Waals surface area contributed by atoms with Gasteiger partial charge in [-0.25, -0.2) is 4.98 Å². The first-order chi connectivity index (χ1) is 11.1. The van der Waals surface area contributed by atoms with Crippen molar-refractivity contribution in [3.8, 4) is 0 Å². The number of hydrogen-bond acceptors (Lipinski definition) is 4. The Morgan fingerprint density at radius 1 is 1.35 bits per heavy atom. The number of carbonyl (C=O) groups excluding carboxylic acids is 2. The number of ketones is 1. The second-order valence-electron chi connectivity index (χ2n) is 6.10. The summed E-state index contributed by atoms with van der Waals surface area (Å²) >= 11 is 0. The lowest BCUT2D eigenvalue weighted by molar-refractivity contribution is -0.123. The maximum atomic E-state index is 12.1. The number of para-hydroxylation sites is 2. The van der Waals surface area contributed by atoms with Gasteiger partial charge in [0.1, 0.15) is 11.6 Å². The number of amides is 1. The average molecular weight is 314 g/mol. The van der Waals surface area contributed by atoms with Crippen molar-refractivity contribution in [2.24, 2.45) is 5.92 Å². The first kappa shape index (κ1) is 15.7. The summed E-state index contributed by atoms with van der Waals surface area (Å²) in [5.41, 5.74) is 2.01. The molecule has 6 nitrogen and oxygen atoms in total. The van der Waals surface area contributed by atoms with Crippen molar-refractivity contribution < 1.29 is 9.59 Å². The highest BCUT2D eigenvalue weighted by Crippen LogP contribution is 2.15. The van der Waals surface area contributed by atoms with Gasteiger partial charge >= 0.3 is 0 Å². The summed E-state index contributed by atoms with van der Waals surface area (Å²) in [7, 11) is 0. The first-order valence-electron chi connectivity index (χ1n) is 8.08. The SMILES string of the molecule is CC(=O)C1CNC(C(=O)NCCCc2nc3ccccc3[nH]2)C1. The summed E-state index contributed by atoms with van der Waals surface area (Å²) in [4.78, 5) is 31.2. The van der Waals surface area contributed by atoms with E-state index in [4.69, 9.17) is 0 Å². The minimum absolute atomic E-state index is 0.0154. The molecule has 0 saturated carbocycles. The Morgan fingerprint density at radius 3 is 2.91 bits per heavy atom. The maximum absolute atomic E-state index is 12.1. The van der Waals surface area contributed by atoms with Gasteiger partial charge < -0.3 is 15.6 Å². The predicted molar refractivity (Wildman–Crippen MR) is 88.0 cm³/mol. The average Bonchev–Trinajstić information content (AvgIpc) is 3.17. The molecule has 1 saturated heterocycles. The maximum Gasteiger partial charge on any atom is 0.237 e. The number of hydrogen-bond donors (Lipinski definition) is 3. The topological polar surface area (TPSA) is 86.9 Å². The van der Waals surface area contributed by atoms with Crippen molar-refractivity contribution in [2.45, 2.75) is 32.2 Å². The molecule has 122 valence electrons. The van der Waals surface area contributed by atoms with Crippen molar-refractivity contribution in [3.05, 3.63) is 30.1 Å². The number of aromatic nitrogens is 2. The van der Waals surface area contributed by atoms with Gasteiger partial charge in [0.05, 0.1) is 17.1 Å². The van der Waals surface area contributed by atoms with E-state index < -0.39 is 0 Å². The molecule has 0 aliphatic carbocycles. The Bertz CT molecular complexity index is 676. The molecule has 23 heavy (non-hydrogen) atoms. The van der Waals surface area contributed by atoms with E-state index in [0.717, 1.165) is 29.7 Å². The Labute approximate surface area is 135 Å². The van der Waals surface area contributed by atoms with Gasteiger partial charge in [-0.1, -0.05) is 12.1 Å². The molecular weight excluding hydrogens is 292 g/mol. The van der Waals surface area contributed by atoms with Gasteiger partial charge in [-0.2, -0.15) is 0 Å². The number of carbonyl (C=O) groups is 2. The number of H-pyrrole nitrogens is 1. The van der Waals surface area contributed by atoms with Crippen LogP contribution in [0, 0.1) is 5.92 Å². The minimum atomic E-state index is -0.241. The van der Waals surface area contributed by atoms with Crippen molar-refractivity contribution in [1.29, 1.82) is 0 Å². The summed E-state index contributed by atoms with van der Waals surface area (Å²) in [6, 6.07) is 7.69. The molecule has 1 aliphatic heterocycles. The molecule has 0 radical (unpaired) electrons. The minimum Gasteiger partial charge on any atom is -0.355 e. The van der Waals surface area contributed by atoms with Crippen LogP contribution in [0.3, 0.4) is 0 Å². The molecule has 0 spiro atoms. The van der Waals surface area contributed by atoms with Gasteiger partial charge in [-0.15, -0.1) is 0 Å². The summed E-state index contributed by atoms with van der Waals surface area (Å²) in [6.07, 6.45) is 2.22. The fourth-order valence-electron chi connectivity index (χ4n) is 2.96. The van der Waals surface area contributed by atoms with E-state index in [1.54, 1.807) is 6.92 Å². The molecule has 2 atom stereocenters. The monoisotopic (exact) mass is 314 g/mol. The molecule has 1 fully saturated rings. The fourth-order valence-corrected chi connectivity index (χ4v) is 2.96. The number of benzene rings is 1. The Kier molecular flexibility index (Phi) is 4.71. The van der Waals surface area contributed by atoms with Gasteiger partial charge in [0, 0.05) is 25.4 Å². The molecule has 2 aromatic rings. The standard InChI is InChI=1S/C17H22N4O2/c1-11(22)12-9-15(19-10-12)17(23)18-8-4-7-16-20-13-5-2-3-6-14(13)21-16/h2-3,5-6,12,15,19H,4,7-10H2,1H3,(H,18,23)(H,20,21). The third kappa shape index (κ3) is 3.76. The smallest absolute Gasteiger partial charge is 0.237 e. The quantitative estimate of drug-likeness (QED) is 0.699. The Hall–Kier alpha value is -2.21. The number of fused-ring (bicyclic) bond motifs is 1. The fraction of sp³-hybridized carbons (Fsp3) is 0.471. The first-order valence-corrected chi connectivity index (χ1v) is 8.08. The van der Waals surface area contributed by atoms with Crippen LogP contribution >= 0.6 is 0 Å². The molecular formula is C17H22N4O2. The van der Waals surface area contributed by atoms with Crippen LogP contribution in [0.2, 0.25) is 0 Å². The van der Waals surface area contributed by atoms with Crippen LogP contribution in [-0.4, -0.2) is 40.8 Å². The van der Waals surface area contributed by atoms with E-state index in [2.05, 4.69) is 20.6 Å². The summed E-state index contributed by atoms with van der Waals surface area (Å²) in [6.45, 7) is 2.80. The van der Waals surface area contributed by atoms with Crippen molar-refractivity contribution in [3.63, 3.8) is 0 Å². The molecule has 3 N–H and O–H groups in total. The second kappa shape index (κ2) is 6.91. The van der Waals surface area contributed by atoms with Gasteiger partial charge in [0.15, 0.2) is 0 Å². The zero-order valence-corrected chi connectivity index (χ0v) is 13.3. The zero-order valence-electron chi connectivity index (χ0n) is 13.3. The van der Waals surface area contributed by atoms with Crippen molar-refractivity contribution >= 4 is 22.7 Å². The molecule has 2 unspecified atom stereocenters. The normalized spacial score (nSPS) is 20.7. The number of imidazole rings is 1. The van der Waals surface area contributed by atoms with Crippen LogP contribution < -0.4 is 10.6 Å². The Balaban J connectivity index is 1.41. The van der Waals surface area contributed by atoms with Gasteiger partial charge in [0.25, 0.3) is 0 Å². The molecule has 1 amide bonds. The third-order valence-corrected chi connectivity index (χ3v) is 4.35. The lowest BCUT2D eigenvalue weighted by Gasteiger charge is -2.10. The number of Topliss-reactive ketones (excluding diaryl/α,β-unsaturated/α-hetero) is 1. The van der Waals surface area contributed by atoms with E-state index in [9.17, 15) is 9.59 Å². The van der Waals surface area contributed by atoms with Crippen LogP contribution in [-0.2, 0) is 16.0 Å². The summed E-state index contributed by atoms with van der Waals surface area (Å²) in [5.74, 6) is 1.05.